The second kappa shape index (κ2) is 7.47. The first-order chi connectivity index (χ1) is 15.2. The number of nitrogens with zero attached hydrogens (tertiary/aromatic N) is 3. The lowest BCUT2D eigenvalue weighted by Crippen LogP contribution is -2.52. The van der Waals surface area contributed by atoms with E-state index in [1.165, 1.54) is 11.1 Å². The molecule has 0 aliphatic carbocycles. The maximum absolute atomic E-state index is 12.8. The van der Waals surface area contributed by atoms with E-state index in [1.807, 2.05) is 20.8 Å². The molecule has 5 rings (SSSR count). The van der Waals surface area contributed by atoms with Crippen molar-refractivity contribution in [3.8, 4) is 0 Å². The van der Waals surface area contributed by atoms with Crippen molar-refractivity contribution in [2.24, 2.45) is 4.99 Å². The Morgan fingerprint density at radius 3 is 2.38 bits per heavy atom. The van der Waals surface area contributed by atoms with E-state index in [0.29, 0.717) is 38.6 Å². The van der Waals surface area contributed by atoms with Gasteiger partial charge in [0.15, 0.2) is 5.60 Å². The second-order valence-electron chi connectivity index (χ2n) is 10.2. The van der Waals surface area contributed by atoms with Gasteiger partial charge in [-0.15, -0.1) is 0 Å². The number of benzene rings is 1. The minimum Gasteiger partial charge on any atom is -0.448 e. The second-order valence-corrected chi connectivity index (χ2v) is 10.2. The monoisotopic (exact) mass is 441 g/mol. The average molecular weight is 442 g/mol. The minimum atomic E-state index is -0.959. The quantitative estimate of drug-likeness (QED) is 0.615. The van der Waals surface area contributed by atoms with Crippen molar-refractivity contribution < 1.29 is 23.8 Å². The van der Waals surface area contributed by atoms with Crippen molar-refractivity contribution in [1.82, 2.24) is 9.80 Å². The molecule has 4 aliphatic heterocycles. The number of piperidine rings is 2. The summed E-state index contributed by atoms with van der Waals surface area (Å²) in [7, 11) is 0. The number of hydrogen-bond acceptors (Lipinski definition) is 6. The van der Waals surface area contributed by atoms with Gasteiger partial charge in [0.1, 0.15) is 5.60 Å². The summed E-state index contributed by atoms with van der Waals surface area (Å²) in [6.45, 7) is 8.47. The van der Waals surface area contributed by atoms with Gasteiger partial charge in [0.05, 0.1) is 12.2 Å². The van der Waals surface area contributed by atoms with Crippen molar-refractivity contribution in [1.29, 1.82) is 0 Å². The van der Waals surface area contributed by atoms with Crippen LogP contribution < -0.4 is 0 Å². The normalized spacial score (nSPS) is 23.8. The van der Waals surface area contributed by atoms with Crippen LogP contribution in [0.25, 0.3) is 0 Å². The van der Waals surface area contributed by atoms with Crippen LogP contribution in [-0.2, 0) is 31.2 Å². The first kappa shape index (κ1) is 21.2. The molecule has 0 saturated carbocycles. The zero-order valence-corrected chi connectivity index (χ0v) is 19.1. The Balaban J connectivity index is 1.19. The standard InChI is InChI=1S/C24H31N3O5/c1-22(2,3)32-21(29)27-14-10-24(11-15-27)19(28)25-20(31-24)26-12-8-23(9-13-26)18-7-5-4-6-17(18)16-30-23/h4-7H,8-16H2,1-3H3. The molecule has 0 radical (unpaired) electrons. The molecule has 1 aromatic rings. The third kappa shape index (κ3) is 3.64. The molecule has 2 amide bonds. The van der Waals surface area contributed by atoms with Crippen LogP contribution in [0.5, 0.6) is 0 Å². The molecule has 32 heavy (non-hydrogen) atoms. The largest absolute Gasteiger partial charge is 0.448 e. The lowest BCUT2D eigenvalue weighted by Gasteiger charge is -2.41. The number of fused-ring (bicyclic) bond motifs is 2. The molecule has 4 heterocycles. The molecule has 0 unspecified atom stereocenters. The SMILES string of the molecule is CC(C)(C)OC(=O)N1CCC2(CC1)OC(N1CCC3(CC1)OCc1ccccc13)=NC2=O. The van der Waals surface area contributed by atoms with Crippen LogP contribution in [0.15, 0.2) is 29.3 Å². The predicted octanol–water partition coefficient (Wildman–Crippen LogP) is 3.19. The minimum absolute atomic E-state index is 0.237. The number of hydrogen-bond donors (Lipinski definition) is 0. The van der Waals surface area contributed by atoms with Crippen LogP contribution in [-0.4, -0.2) is 65.2 Å². The third-order valence-corrected chi connectivity index (χ3v) is 6.95. The van der Waals surface area contributed by atoms with Gasteiger partial charge in [0, 0.05) is 39.0 Å². The van der Waals surface area contributed by atoms with Crippen LogP contribution >= 0.6 is 0 Å². The highest BCUT2D eigenvalue weighted by Gasteiger charge is 2.52. The zero-order chi connectivity index (χ0) is 22.6. The first-order valence-electron chi connectivity index (χ1n) is 11.5. The summed E-state index contributed by atoms with van der Waals surface area (Å²) in [5, 5.41) is 0. The fourth-order valence-corrected chi connectivity index (χ4v) is 5.12. The van der Waals surface area contributed by atoms with Gasteiger partial charge < -0.3 is 24.0 Å². The van der Waals surface area contributed by atoms with Gasteiger partial charge in [0.2, 0.25) is 0 Å². The fourth-order valence-electron chi connectivity index (χ4n) is 5.12. The van der Waals surface area contributed by atoms with Crippen LogP contribution in [0.4, 0.5) is 4.79 Å². The highest BCUT2D eigenvalue weighted by Crippen LogP contribution is 2.44. The molecule has 2 spiro atoms. The summed E-state index contributed by atoms with van der Waals surface area (Å²) < 4.78 is 17.9. The van der Waals surface area contributed by atoms with E-state index >= 15 is 0 Å². The molecule has 0 atom stereocenters. The smallest absolute Gasteiger partial charge is 0.410 e. The average Bonchev–Trinajstić information content (AvgIpc) is 3.27. The Bertz CT molecular complexity index is 951. The Labute approximate surface area is 188 Å². The van der Waals surface area contributed by atoms with E-state index in [9.17, 15) is 9.59 Å². The van der Waals surface area contributed by atoms with E-state index in [4.69, 9.17) is 14.2 Å². The Morgan fingerprint density at radius 1 is 1.03 bits per heavy atom. The van der Waals surface area contributed by atoms with Gasteiger partial charge in [-0.05, 0) is 44.7 Å². The maximum atomic E-state index is 12.8. The number of ether oxygens (including phenoxy) is 3. The van der Waals surface area contributed by atoms with Crippen molar-refractivity contribution in [3.63, 3.8) is 0 Å². The van der Waals surface area contributed by atoms with Crippen molar-refractivity contribution in [3.05, 3.63) is 35.4 Å². The molecule has 1 aromatic carbocycles. The molecule has 0 bridgehead atoms. The molecule has 8 heteroatoms. The Morgan fingerprint density at radius 2 is 1.69 bits per heavy atom. The molecule has 2 fully saturated rings. The van der Waals surface area contributed by atoms with Crippen LogP contribution in [0.2, 0.25) is 0 Å². The number of amidine groups is 1. The lowest BCUT2D eigenvalue weighted by molar-refractivity contribution is -0.135. The van der Waals surface area contributed by atoms with Gasteiger partial charge in [-0.25, -0.2) is 4.79 Å². The molecule has 0 aromatic heterocycles. The first-order valence-corrected chi connectivity index (χ1v) is 11.5. The number of carbonyl (C=O) groups is 2. The summed E-state index contributed by atoms with van der Waals surface area (Å²) in [5.41, 5.74) is 0.806. The summed E-state index contributed by atoms with van der Waals surface area (Å²) >= 11 is 0. The highest BCUT2D eigenvalue weighted by atomic mass is 16.6. The van der Waals surface area contributed by atoms with E-state index in [2.05, 4.69) is 34.2 Å². The fraction of sp³-hybridized carbons (Fsp3) is 0.625. The summed E-state index contributed by atoms with van der Waals surface area (Å²) in [5.74, 6) is -0.237. The van der Waals surface area contributed by atoms with Gasteiger partial charge in [-0.1, -0.05) is 24.3 Å². The summed E-state index contributed by atoms with van der Waals surface area (Å²) in [4.78, 5) is 33.2. The highest BCUT2D eigenvalue weighted by molar-refractivity contribution is 6.01. The van der Waals surface area contributed by atoms with Gasteiger partial charge >= 0.3 is 6.09 Å². The summed E-state index contributed by atoms with van der Waals surface area (Å²) in [6.07, 6.45) is 2.16. The van der Waals surface area contributed by atoms with Crippen molar-refractivity contribution in [2.75, 3.05) is 26.2 Å². The molecule has 4 aliphatic rings. The van der Waals surface area contributed by atoms with E-state index in [1.54, 1.807) is 4.90 Å². The molecular weight excluding hydrogens is 410 g/mol. The Kier molecular flexibility index (Phi) is 4.96. The molecule has 2 saturated heterocycles. The van der Waals surface area contributed by atoms with Gasteiger partial charge in [0.25, 0.3) is 11.9 Å². The number of aliphatic imine (C=N–C) groups is 1. The third-order valence-electron chi connectivity index (χ3n) is 6.95. The van der Waals surface area contributed by atoms with Gasteiger partial charge in [-0.3, -0.25) is 4.79 Å². The van der Waals surface area contributed by atoms with Crippen LogP contribution in [0.1, 0.15) is 57.6 Å². The number of carbonyl (C=O) groups excluding carboxylic acids is 2. The van der Waals surface area contributed by atoms with Crippen LogP contribution in [0, 0.1) is 0 Å². The van der Waals surface area contributed by atoms with Gasteiger partial charge in [-0.2, -0.15) is 4.99 Å². The maximum Gasteiger partial charge on any atom is 0.410 e. The van der Waals surface area contributed by atoms with E-state index in [0.717, 1.165) is 25.9 Å². The van der Waals surface area contributed by atoms with Crippen molar-refractivity contribution >= 4 is 18.0 Å². The number of likely N-dealkylation sites (tertiary alicyclic amines) is 2. The lowest BCUT2D eigenvalue weighted by atomic mass is 9.84. The molecule has 0 N–H and O–H groups in total. The number of amides is 2. The van der Waals surface area contributed by atoms with Crippen LogP contribution in [0.3, 0.4) is 0 Å². The molecule has 8 nitrogen and oxygen atoms in total. The molecule has 172 valence electrons. The van der Waals surface area contributed by atoms with E-state index < -0.39 is 11.2 Å². The summed E-state index contributed by atoms with van der Waals surface area (Å²) in [6, 6.07) is 8.83. The number of rotatable bonds is 0. The predicted molar refractivity (Wildman–Crippen MR) is 117 cm³/mol. The Hall–Kier alpha value is -2.61. The van der Waals surface area contributed by atoms with Crippen molar-refractivity contribution in [2.45, 2.75) is 69.9 Å². The zero-order valence-electron chi connectivity index (χ0n) is 19.1. The van der Waals surface area contributed by atoms with E-state index in [-0.39, 0.29) is 17.6 Å². The molecular formula is C24H31N3O5. The topological polar surface area (TPSA) is 80.7 Å².